The van der Waals surface area contributed by atoms with Gasteiger partial charge in [0.2, 0.25) is 0 Å². The Hall–Kier alpha value is -2.44. The third kappa shape index (κ3) is 4.35. The van der Waals surface area contributed by atoms with Crippen molar-refractivity contribution in [2.45, 2.75) is 0 Å². The van der Waals surface area contributed by atoms with Gasteiger partial charge in [-0.1, -0.05) is 23.2 Å². The van der Waals surface area contributed by atoms with E-state index in [1.54, 1.807) is 30.3 Å². The number of nitrogens with one attached hydrogen (secondary N) is 1. The van der Waals surface area contributed by atoms with Crippen LogP contribution < -0.4 is 14.8 Å². The quantitative estimate of drug-likeness (QED) is 0.632. The molecule has 0 saturated heterocycles. The average Bonchev–Trinajstić information content (AvgIpc) is 2.59. The maximum absolute atomic E-state index is 12.1. The zero-order valence-electron chi connectivity index (χ0n) is 12.9. The minimum atomic E-state index is -0.519. The van der Waals surface area contributed by atoms with E-state index >= 15 is 0 Å². The van der Waals surface area contributed by atoms with E-state index < -0.39 is 5.97 Å². The summed E-state index contributed by atoms with van der Waals surface area (Å²) in [4.78, 5) is 23.3. The number of fused-ring (bicyclic) bond motifs is 1. The standard InChI is InChI=1S/C17H13Cl2NO5/c18-11-2-4-14(12(19)8-11)23-5-6-24-17(22)10-1-3-13-15(7-10)25-9-16(21)20-13/h1-4,7-8H,5-6,9H2,(H,20,21). The lowest BCUT2D eigenvalue weighted by Gasteiger charge is -2.18. The highest BCUT2D eigenvalue weighted by molar-refractivity contribution is 6.35. The first-order valence-electron chi connectivity index (χ1n) is 7.34. The zero-order chi connectivity index (χ0) is 17.8. The molecule has 130 valence electrons. The molecule has 8 heteroatoms. The van der Waals surface area contributed by atoms with E-state index in [9.17, 15) is 9.59 Å². The molecule has 0 fully saturated rings. The molecule has 0 atom stereocenters. The highest BCUT2D eigenvalue weighted by Gasteiger charge is 2.18. The van der Waals surface area contributed by atoms with Crippen LogP contribution in [0.1, 0.15) is 10.4 Å². The SMILES string of the molecule is O=C1COc2cc(C(=O)OCCOc3ccc(Cl)cc3Cl)ccc2N1. The number of amides is 1. The summed E-state index contributed by atoms with van der Waals surface area (Å²) in [5, 5.41) is 3.54. The van der Waals surface area contributed by atoms with Crippen molar-refractivity contribution in [3.8, 4) is 11.5 Å². The van der Waals surface area contributed by atoms with Crippen molar-refractivity contribution in [2.24, 2.45) is 0 Å². The Labute approximate surface area is 153 Å². The van der Waals surface area contributed by atoms with Crippen LogP contribution in [0.2, 0.25) is 10.0 Å². The number of benzene rings is 2. The van der Waals surface area contributed by atoms with Gasteiger partial charge in [0, 0.05) is 5.02 Å². The van der Waals surface area contributed by atoms with Gasteiger partial charge in [-0.2, -0.15) is 0 Å². The molecule has 2 aromatic carbocycles. The average molecular weight is 382 g/mol. The lowest BCUT2D eigenvalue weighted by atomic mass is 10.1. The first-order chi connectivity index (χ1) is 12.0. The van der Waals surface area contributed by atoms with Crippen LogP contribution in [0.4, 0.5) is 5.69 Å². The molecule has 0 saturated carbocycles. The number of halogens is 2. The van der Waals surface area contributed by atoms with Gasteiger partial charge in [-0.15, -0.1) is 0 Å². The Balaban J connectivity index is 1.52. The molecule has 0 aromatic heterocycles. The molecule has 2 aromatic rings. The summed E-state index contributed by atoms with van der Waals surface area (Å²) in [6.45, 7) is 0.109. The van der Waals surface area contributed by atoms with Crippen molar-refractivity contribution in [1.82, 2.24) is 0 Å². The fourth-order valence-corrected chi connectivity index (χ4v) is 2.63. The fraction of sp³-hybridized carbons (Fsp3) is 0.176. The summed E-state index contributed by atoms with van der Waals surface area (Å²) in [5.74, 6) is 0.133. The fourth-order valence-electron chi connectivity index (χ4n) is 2.16. The van der Waals surface area contributed by atoms with E-state index in [1.165, 1.54) is 6.07 Å². The number of carbonyl (C=O) groups is 2. The van der Waals surface area contributed by atoms with Gasteiger partial charge >= 0.3 is 5.97 Å². The Bertz CT molecular complexity index is 825. The Morgan fingerprint density at radius 3 is 2.80 bits per heavy atom. The molecule has 0 spiro atoms. The summed E-state index contributed by atoms with van der Waals surface area (Å²) in [7, 11) is 0. The lowest BCUT2D eigenvalue weighted by molar-refractivity contribution is -0.118. The summed E-state index contributed by atoms with van der Waals surface area (Å²) in [6, 6.07) is 9.52. The molecule has 1 aliphatic heterocycles. The predicted molar refractivity (Wildman–Crippen MR) is 92.8 cm³/mol. The molecule has 1 N–H and O–H groups in total. The van der Waals surface area contributed by atoms with Gasteiger partial charge in [-0.25, -0.2) is 4.79 Å². The van der Waals surface area contributed by atoms with E-state index in [0.29, 0.717) is 32.8 Å². The van der Waals surface area contributed by atoms with Crippen molar-refractivity contribution in [1.29, 1.82) is 0 Å². The van der Waals surface area contributed by atoms with E-state index in [2.05, 4.69) is 5.32 Å². The van der Waals surface area contributed by atoms with Crippen molar-refractivity contribution < 1.29 is 23.8 Å². The largest absolute Gasteiger partial charge is 0.488 e. The van der Waals surface area contributed by atoms with Crippen LogP contribution in [0.15, 0.2) is 36.4 Å². The van der Waals surface area contributed by atoms with Gasteiger partial charge in [-0.3, -0.25) is 4.79 Å². The van der Waals surface area contributed by atoms with Crippen molar-refractivity contribution in [2.75, 3.05) is 25.1 Å². The summed E-state index contributed by atoms with van der Waals surface area (Å²) in [5.41, 5.74) is 0.841. The van der Waals surface area contributed by atoms with E-state index in [0.717, 1.165) is 0 Å². The monoisotopic (exact) mass is 381 g/mol. The zero-order valence-corrected chi connectivity index (χ0v) is 14.4. The smallest absolute Gasteiger partial charge is 0.338 e. The summed E-state index contributed by atoms with van der Waals surface area (Å²) >= 11 is 11.8. The number of hydrogen-bond acceptors (Lipinski definition) is 5. The minimum Gasteiger partial charge on any atom is -0.488 e. The van der Waals surface area contributed by atoms with Gasteiger partial charge in [0.1, 0.15) is 24.7 Å². The second-order valence-electron chi connectivity index (χ2n) is 5.11. The van der Waals surface area contributed by atoms with Crippen molar-refractivity contribution in [3.05, 3.63) is 52.0 Å². The van der Waals surface area contributed by atoms with E-state index in [-0.39, 0.29) is 25.7 Å². The van der Waals surface area contributed by atoms with Crippen LogP contribution in [0.3, 0.4) is 0 Å². The number of hydrogen-bond donors (Lipinski definition) is 1. The Kier molecular flexibility index (Phi) is 5.31. The summed E-state index contributed by atoms with van der Waals surface area (Å²) in [6.07, 6.45) is 0. The van der Waals surface area contributed by atoms with Crippen LogP contribution in [0.25, 0.3) is 0 Å². The Morgan fingerprint density at radius 2 is 2.00 bits per heavy atom. The minimum absolute atomic E-state index is 0.0481. The second kappa shape index (κ2) is 7.63. The number of anilines is 1. The molecule has 0 radical (unpaired) electrons. The lowest BCUT2D eigenvalue weighted by Crippen LogP contribution is -2.25. The number of rotatable bonds is 5. The van der Waals surface area contributed by atoms with Gasteiger partial charge in [0.15, 0.2) is 6.61 Å². The van der Waals surface area contributed by atoms with Crippen LogP contribution in [0, 0.1) is 0 Å². The van der Waals surface area contributed by atoms with Crippen molar-refractivity contribution >= 4 is 40.8 Å². The molecule has 0 unspecified atom stereocenters. The molecule has 0 aliphatic carbocycles. The molecule has 1 aliphatic rings. The Morgan fingerprint density at radius 1 is 1.16 bits per heavy atom. The molecular weight excluding hydrogens is 369 g/mol. The van der Waals surface area contributed by atoms with Crippen LogP contribution in [-0.2, 0) is 9.53 Å². The molecule has 1 amide bonds. The molecule has 6 nitrogen and oxygen atoms in total. The molecule has 1 heterocycles. The molecule has 25 heavy (non-hydrogen) atoms. The van der Waals surface area contributed by atoms with Gasteiger partial charge in [0.25, 0.3) is 5.91 Å². The topological polar surface area (TPSA) is 73.9 Å². The van der Waals surface area contributed by atoms with Crippen LogP contribution in [-0.4, -0.2) is 31.7 Å². The van der Waals surface area contributed by atoms with Gasteiger partial charge < -0.3 is 19.5 Å². The number of esters is 1. The molecule has 0 bridgehead atoms. The van der Waals surface area contributed by atoms with Gasteiger partial charge in [0.05, 0.1) is 16.3 Å². The molecular formula is C17H13Cl2NO5. The van der Waals surface area contributed by atoms with E-state index in [4.69, 9.17) is 37.4 Å². The normalized spacial score (nSPS) is 12.6. The maximum atomic E-state index is 12.1. The third-order valence-electron chi connectivity index (χ3n) is 3.32. The van der Waals surface area contributed by atoms with Crippen molar-refractivity contribution in [3.63, 3.8) is 0 Å². The predicted octanol–water partition coefficient (Wildman–Crippen LogP) is 3.56. The number of carbonyl (C=O) groups excluding carboxylic acids is 2. The highest BCUT2D eigenvalue weighted by Crippen LogP contribution is 2.29. The van der Waals surface area contributed by atoms with Gasteiger partial charge in [-0.05, 0) is 36.4 Å². The van der Waals surface area contributed by atoms with Crippen LogP contribution in [0.5, 0.6) is 11.5 Å². The maximum Gasteiger partial charge on any atom is 0.338 e. The highest BCUT2D eigenvalue weighted by atomic mass is 35.5. The first-order valence-corrected chi connectivity index (χ1v) is 8.10. The number of ether oxygens (including phenoxy) is 3. The van der Waals surface area contributed by atoms with Crippen LogP contribution >= 0.6 is 23.2 Å². The third-order valence-corrected chi connectivity index (χ3v) is 3.85. The second-order valence-corrected chi connectivity index (χ2v) is 5.95. The molecule has 3 rings (SSSR count). The van der Waals surface area contributed by atoms with E-state index in [1.807, 2.05) is 0 Å². The summed E-state index contributed by atoms with van der Waals surface area (Å²) < 4.78 is 15.9. The first kappa shape index (κ1) is 17.4.